The van der Waals surface area contributed by atoms with E-state index in [4.69, 9.17) is 5.11 Å². The molecular formula is C12H16O3. The summed E-state index contributed by atoms with van der Waals surface area (Å²) < 4.78 is 0. The van der Waals surface area contributed by atoms with E-state index in [1.165, 1.54) is 0 Å². The topological polar surface area (TPSA) is 54.4 Å². The van der Waals surface area contributed by atoms with Crippen LogP contribution in [0.4, 0.5) is 0 Å². The zero-order chi connectivity index (χ0) is 11.1. The standard InChI is InChI=1S/C12H16O3/c13-11-8-5-7-10(11)6-3-1-2-4-9-12(14)15/h1,3,7H,2,4-6,8-9H2,(H,14,15). The summed E-state index contributed by atoms with van der Waals surface area (Å²) in [5, 5.41) is 8.40. The van der Waals surface area contributed by atoms with E-state index in [0.717, 1.165) is 18.4 Å². The predicted octanol–water partition coefficient (Wildman–Crippen LogP) is 2.48. The van der Waals surface area contributed by atoms with E-state index in [9.17, 15) is 9.59 Å². The van der Waals surface area contributed by atoms with Gasteiger partial charge in [-0.15, -0.1) is 0 Å². The van der Waals surface area contributed by atoms with Gasteiger partial charge in [0.2, 0.25) is 0 Å². The van der Waals surface area contributed by atoms with Crippen molar-refractivity contribution in [1.82, 2.24) is 0 Å². The summed E-state index contributed by atoms with van der Waals surface area (Å²) in [5.41, 5.74) is 0.907. The lowest BCUT2D eigenvalue weighted by Gasteiger charge is -1.94. The van der Waals surface area contributed by atoms with Crippen molar-refractivity contribution in [3.05, 3.63) is 23.8 Å². The van der Waals surface area contributed by atoms with Gasteiger partial charge in [-0.1, -0.05) is 18.2 Å². The van der Waals surface area contributed by atoms with Crippen LogP contribution in [0.1, 0.15) is 38.5 Å². The Kier molecular flexibility index (Phi) is 4.81. The van der Waals surface area contributed by atoms with Crippen LogP contribution in [0.15, 0.2) is 23.8 Å². The molecule has 1 N–H and O–H groups in total. The minimum Gasteiger partial charge on any atom is -0.481 e. The Morgan fingerprint density at radius 3 is 2.87 bits per heavy atom. The van der Waals surface area contributed by atoms with Crippen LogP contribution in [0.2, 0.25) is 0 Å². The molecule has 0 unspecified atom stereocenters. The first kappa shape index (κ1) is 11.7. The zero-order valence-corrected chi connectivity index (χ0v) is 8.74. The van der Waals surface area contributed by atoms with E-state index in [1.807, 2.05) is 18.2 Å². The molecule has 0 aliphatic heterocycles. The lowest BCUT2D eigenvalue weighted by molar-refractivity contribution is -0.137. The fraction of sp³-hybridized carbons (Fsp3) is 0.500. The van der Waals surface area contributed by atoms with E-state index in [0.29, 0.717) is 19.3 Å². The largest absolute Gasteiger partial charge is 0.481 e. The molecule has 0 atom stereocenters. The number of carboxylic acid groups (broad SMARTS) is 1. The summed E-state index contributed by atoms with van der Waals surface area (Å²) in [6.45, 7) is 0. The van der Waals surface area contributed by atoms with E-state index >= 15 is 0 Å². The van der Waals surface area contributed by atoms with Crippen LogP contribution in [0.25, 0.3) is 0 Å². The number of rotatable bonds is 6. The summed E-state index contributed by atoms with van der Waals surface area (Å²) in [4.78, 5) is 21.4. The Labute approximate surface area is 89.5 Å². The van der Waals surface area contributed by atoms with E-state index in [-0.39, 0.29) is 12.2 Å². The number of carbonyl (C=O) groups excluding carboxylic acids is 1. The van der Waals surface area contributed by atoms with Gasteiger partial charge in [-0.05, 0) is 31.3 Å². The number of carboxylic acids is 1. The highest BCUT2D eigenvalue weighted by atomic mass is 16.4. The SMILES string of the molecule is O=C(O)CCCC=CCC1=CCCC1=O. The Hall–Kier alpha value is -1.38. The maximum atomic E-state index is 11.2. The second-order valence-corrected chi connectivity index (χ2v) is 3.65. The van der Waals surface area contributed by atoms with E-state index in [1.54, 1.807) is 0 Å². The number of ketones is 1. The monoisotopic (exact) mass is 208 g/mol. The second-order valence-electron chi connectivity index (χ2n) is 3.65. The van der Waals surface area contributed by atoms with Crippen LogP contribution in [0.3, 0.4) is 0 Å². The molecule has 0 aromatic carbocycles. The molecule has 1 aliphatic carbocycles. The first-order valence-corrected chi connectivity index (χ1v) is 5.29. The molecule has 0 radical (unpaired) electrons. The number of allylic oxidation sites excluding steroid dienone is 4. The minimum atomic E-state index is -0.753. The van der Waals surface area contributed by atoms with Crippen molar-refractivity contribution in [3.63, 3.8) is 0 Å². The van der Waals surface area contributed by atoms with Gasteiger partial charge in [0.25, 0.3) is 0 Å². The molecule has 82 valence electrons. The molecule has 0 aromatic heterocycles. The lowest BCUT2D eigenvalue weighted by Crippen LogP contribution is -1.94. The van der Waals surface area contributed by atoms with Crippen LogP contribution in [-0.2, 0) is 9.59 Å². The number of unbranched alkanes of at least 4 members (excludes halogenated alkanes) is 1. The average molecular weight is 208 g/mol. The first-order valence-electron chi connectivity index (χ1n) is 5.29. The fourth-order valence-electron chi connectivity index (χ4n) is 1.55. The van der Waals surface area contributed by atoms with E-state index < -0.39 is 5.97 Å². The Morgan fingerprint density at radius 1 is 1.47 bits per heavy atom. The fourth-order valence-corrected chi connectivity index (χ4v) is 1.55. The third kappa shape index (κ3) is 4.58. The highest BCUT2D eigenvalue weighted by Crippen LogP contribution is 2.17. The summed E-state index contributed by atoms with van der Waals surface area (Å²) in [6, 6.07) is 0. The number of carbonyl (C=O) groups is 2. The van der Waals surface area contributed by atoms with Gasteiger partial charge in [-0.25, -0.2) is 0 Å². The van der Waals surface area contributed by atoms with Gasteiger partial charge >= 0.3 is 5.97 Å². The highest BCUT2D eigenvalue weighted by Gasteiger charge is 2.12. The van der Waals surface area contributed by atoms with Crippen LogP contribution in [0, 0.1) is 0 Å². The van der Waals surface area contributed by atoms with Gasteiger partial charge in [0.1, 0.15) is 0 Å². The normalized spacial score (nSPS) is 16.0. The highest BCUT2D eigenvalue weighted by molar-refractivity contribution is 5.97. The molecule has 0 saturated heterocycles. The number of hydrogen-bond donors (Lipinski definition) is 1. The Bertz CT molecular complexity index is 300. The van der Waals surface area contributed by atoms with Gasteiger partial charge in [0, 0.05) is 12.8 Å². The molecule has 1 rings (SSSR count). The number of hydrogen-bond acceptors (Lipinski definition) is 2. The summed E-state index contributed by atoms with van der Waals surface area (Å²) in [6.07, 6.45) is 9.78. The van der Waals surface area contributed by atoms with Crippen molar-refractivity contribution >= 4 is 11.8 Å². The van der Waals surface area contributed by atoms with Crippen LogP contribution < -0.4 is 0 Å². The maximum absolute atomic E-state index is 11.2. The van der Waals surface area contributed by atoms with Crippen molar-refractivity contribution in [3.8, 4) is 0 Å². The molecule has 3 nitrogen and oxygen atoms in total. The summed E-state index contributed by atoms with van der Waals surface area (Å²) in [5.74, 6) is -0.498. The van der Waals surface area contributed by atoms with E-state index in [2.05, 4.69) is 0 Å². The van der Waals surface area contributed by atoms with Crippen LogP contribution in [0.5, 0.6) is 0 Å². The molecule has 0 heterocycles. The molecule has 1 aliphatic rings. The first-order chi connectivity index (χ1) is 7.20. The zero-order valence-electron chi connectivity index (χ0n) is 8.74. The number of aliphatic carboxylic acids is 1. The smallest absolute Gasteiger partial charge is 0.303 e. The van der Waals surface area contributed by atoms with Crippen molar-refractivity contribution < 1.29 is 14.7 Å². The quantitative estimate of drug-likeness (QED) is 0.539. The number of Topliss-reactive ketones (excluding diaryl/α,β-unsaturated/α-hetero) is 1. The van der Waals surface area contributed by atoms with Gasteiger partial charge < -0.3 is 5.11 Å². The second kappa shape index (κ2) is 6.17. The predicted molar refractivity (Wildman–Crippen MR) is 57.6 cm³/mol. The Balaban J connectivity index is 2.11. The Morgan fingerprint density at radius 2 is 2.27 bits per heavy atom. The van der Waals surface area contributed by atoms with Crippen molar-refractivity contribution in [2.45, 2.75) is 38.5 Å². The molecule has 0 saturated carbocycles. The molecule has 0 fully saturated rings. The average Bonchev–Trinajstić information content (AvgIpc) is 2.57. The minimum absolute atomic E-state index is 0.214. The van der Waals surface area contributed by atoms with Gasteiger partial charge in [0.05, 0.1) is 0 Å². The van der Waals surface area contributed by atoms with Crippen molar-refractivity contribution in [1.29, 1.82) is 0 Å². The molecule has 0 aromatic rings. The molecule has 0 amide bonds. The third-order valence-electron chi connectivity index (χ3n) is 2.39. The van der Waals surface area contributed by atoms with Gasteiger partial charge in [0.15, 0.2) is 5.78 Å². The van der Waals surface area contributed by atoms with Crippen LogP contribution in [-0.4, -0.2) is 16.9 Å². The summed E-state index contributed by atoms with van der Waals surface area (Å²) >= 11 is 0. The molecule has 3 heteroatoms. The molecule has 0 bridgehead atoms. The molecule has 15 heavy (non-hydrogen) atoms. The molecular weight excluding hydrogens is 192 g/mol. The maximum Gasteiger partial charge on any atom is 0.303 e. The summed E-state index contributed by atoms with van der Waals surface area (Å²) in [7, 11) is 0. The third-order valence-corrected chi connectivity index (χ3v) is 2.39. The lowest BCUT2D eigenvalue weighted by atomic mass is 10.1. The van der Waals surface area contributed by atoms with Crippen molar-refractivity contribution in [2.75, 3.05) is 0 Å². The van der Waals surface area contributed by atoms with Crippen LogP contribution >= 0.6 is 0 Å². The molecule has 0 spiro atoms. The van der Waals surface area contributed by atoms with Gasteiger partial charge in [-0.3, -0.25) is 9.59 Å². The van der Waals surface area contributed by atoms with Gasteiger partial charge in [-0.2, -0.15) is 0 Å². The van der Waals surface area contributed by atoms with Crippen molar-refractivity contribution in [2.24, 2.45) is 0 Å².